The smallest absolute Gasteiger partial charge is 0.291 e. The number of thiazole rings is 1. The summed E-state index contributed by atoms with van der Waals surface area (Å²) in [5, 5.41) is 1.71. The van der Waals surface area contributed by atoms with Crippen molar-refractivity contribution in [3.8, 4) is 0 Å². The van der Waals surface area contributed by atoms with Crippen molar-refractivity contribution in [2.24, 2.45) is 0 Å². The van der Waals surface area contributed by atoms with Crippen LogP contribution in [0.4, 0.5) is 13.2 Å². The van der Waals surface area contributed by atoms with E-state index in [1.54, 1.807) is 0 Å². The number of rotatable bonds is 2. The average molecular weight is 262 g/mol. The van der Waals surface area contributed by atoms with Crippen molar-refractivity contribution in [2.75, 3.05) is 0 Å². The van der Waals surface area contributed by atoms with Crippen molar-refractivity contribution in [3.63, 3.8) is 0 Å². The van der Waals surface area contributed by atoms with E-state index >= 15 is 0 Å². The largest absolute Gasteiger partial charge is 0.434 e. The van der Waals surface area contributed by atoms with Gasteiger partial charge in [-0.25, -0.2) is 4.98 Å². The molecule has 0 amide bonds. The zero-order valence-electron chi connectivity index (χ0n) is 9.20. The molecule has 0 spiro atoms. The fourth-order valence-corrected chi connectivity index (χ4v) is 3.76. The molecule has 0 N–H and O–H groups in total. The molecule has 0 atom stereocenters. The molecule has 2 nitrogen and oxygen atoms in total. The Morgan fingerprint density at radius 3 is 2.29 bits per heavy atom. The number of aromatic nitrogens is 1. The topological polar surface area (TPSA) is 16.1 Å². The molecular weight excluding hydrogens is 249 g/mol. The first kappa shape index (κ1) is 11.5. The van der Waals surface area contributed by atoms with E-state index in [0.717, 1.165) is 16.7 Å². The highest BCUT2D eigenvalue weighted by molar-refractivity contribution is 7.09. The number of alkyl halides is 3. The van der Waals surface area contributed by atoms with Crippen molar-refractivity contribution in [1.29, 1.82) is 0 Å². The molecule has 17 heavy (non-hydrogen) atoms. The third-order valence-electron chi connectivity index (χ3n) is 3.76. The van der Waals surface area contributed by atoms with Crippen LogP contribution in [0.3, 0.4) is 0 Å². The Morgan fingerprint density at radius 1 is 1.24 bits per heavy atom. The van der Waals surface area contributed by atoms with Gasteiger partial charge in [0.15, 0.2) is 5.69 Å². The molecule has 2 aliphatic heterocycles. The third kappa shape index (κ3) is 2.08. The zero-order chi connectivity index (χ0) is 12.0. The molecule has 2 bridgehead atoms. The van der Waals surface area contributed by atoms with Crippen LogP contribution in [0.2, 0.25) is 0 Å². The van der Waals surface area contributed by atoms with Crippen LogP contribution < -0.4 is 0 Å². The van der Waals surface area contributed by atoms with Crippen LogP contribution in [0.25, 0.3) is 0 Å². The molecule has 3 heterocycles. The van der Waals surface area contributed by atoms with E-state index in [4.69, 9.17) is 0 Å². The van der Waals surface area contributed by atoms with Crippen LogP contribution in [0.5, 0.6) is 0 Å². The predicted molar refractivity (Wildman–Crippen MR) is 58.7 cm³/mol. The monoisotopic (exact) mass is 262 g/mol. The van der Waals surface area contributed by atoms with E-state index < -0.39 is 11.9 Å². The quantitative estimate of drug-likeness (QED) is 0.813. The van der Waals surface area contributed by atoms with Gasteiger partial charge in [0.05, 0.1) is 6.54 Å². The average Bonchev–Trinajstić information content (AvgIpc) is 2.94. The Bertz CT molecular complexity index is 395. The van der Waals surface area contributed by atoms with Crippen molar-refractivity contribution in [2.45, 2.75) is 50.5 Å². The molecule has 3 rings (SSSR count). The first-order valence-electron chi connectivity index (χ1n) is 5.81. The highest BCUT2D eigenvalue weighted by Crippen LogP contribution is 2.39. The summed E-state index contributed by atoms with van der Waals surface area (Å²) in [6.07, 6.45) is 0.480. The molecule has 0 radical (unpaired) electrons. The highest BCUT2D eigenvalue weighted by Gasteiger charge is 2.40. The minimum atomic E-state index is -4.31. The van der Waals surface area contributed by atoms with E-state index in [0.29, 0.717) is 23.6 Å². The van der Waals surface area contributed by atoms with Gasteiger partial charge in [-0.05, 0) is 25.7 Å². The predicted octanol–water partition coefficient (Wildman–Crippen LogP) is 3.29. The molecule has 2 saturated heterocycles. The highest BCUT2D eigenvalue weighted by atomic mass is 32.1. The maximum absolute atomic E-state index is 12.4. The molecule has 2 aliphatic rings. The minimum absolute atomic E-state index is 0.582. The van der Waals surface area contributed by atoms with Crippen LogP contribution in [0.15, 0.2) is 5.38 Å². The summed E-state index contributed by atoms with van der Waals surface area (Å²) in [6.45, 7) is 0.593. The summed E-state index contributed by atoms with van der Waals surface area (Å²) < 4.78 is 37.2. The maximum Gasteiger partial charge on any atom is 0.434 e. The van der Waals surface area contributed by atoms with E-state index in [9.17, 15) is 13.2 Å². The molecule has 2 fully saturated rings. The van der Waals surface area contributed by atoms with Crippen molar-refractivity contribution >= 4 is 11.3 Å². The van der Waals surface area contributed by atoms with Crippen molar-refractivity contribution < 1.29 is 13.2 Å². The second kappa shape index (κ2) is 3.95. The molecule has 0 unspecified atom stereocenters. The van der Waals surface area contributed by atoms with Gasteiger partial charge >= 0.3 is 6.18 Å². The van der Waals surface area contributed by atoms with Crippen LogP contribution in [-0.2, 0) is 12.7 Å². The lowest BCUT2D eigenvalue weighted by Crippen LogP contribution is -2.27. The van der Waals surface area contributed by atoms with Gasteiger partial charge in [0.2, 0.25) is 0 Å². The molecule has 1 aromatic rings. The van der Waals surface area contributed by atoms with Crippen LogP contribution in [-0.4, -0.2) is 22.0 Å². The summed E-state index contributed by atoms with van der Waals surface area (Å²) >= 11 is 1.12. The molecular formula is C11H13F3N2S. The standard InChI is InChI=1S/C11H13F3N2S/c12-11(13,14)9-6-17-10(15-9)5-16-7-1-2-8(16)4-3-7/h6-8H,1-5H2. The Balaban J connectivity index is 1.72. The molecule has 1 aromatic heterocycles. The van der Waals surface area contributed by atoms with Crippen LogP contribution in [0, 0.1) is 0 Å². The minimum Gasteiger partial charge on any atom is -0.291 e. The summed E-state index contributed by atoms with van der Waals surface area (Å²) in [5.41, 5.74) is -0.746. The summed E-state index contributed by atoms with van der Waals surface area (Å²) in [5.74, 6) is 0. The first-order chi connectivity index (χ1) is 8.04. The van der Waals surface area contributed by atoms with Crippen molar-refractivity contribution in [3.05, 3.63) is 16.1 Å². The lowest BCUT2D eigenvalue weighted by molar-refractivity contribution is -0.140. The lowest BCUT2D eigenvalue weighted by Gasteiger charge is -2.19. The van der Waals surface area contributed by atoms with Crippen LogP contribution >= 0.6 is 11.3 Å². The SMILES string of the molecule is FC(F)(F)c1csc(CN2C3CCC2CC3)n1. The fourth-order valence-electron chi connectivity index (χ4n) is 2.95. The molecule has 0 aromatic carbocycles. The van der Waals surface area contributed by atoms with Crippen molar-refractivity contribution in [1.82, 2.24) is 9.88 Å². The Kier molecular flexibility index (Phi) is 2.66. The third-order valence-corrected chi connectivity index (χ3v) is 4.60. The van der Waals surface area contributed by atoms with Gasteiger partial charge in [-0.1, -0.05) is 0 Å². The number of fused-ring (bicyclic) bond motifs is 2. The van der Waals surface area contributed by atoms with Crippen LogP contribution in [0.1, 0.15) is 36.4 Å². The Morgan fingerprint density at radius 2 is 1.82 bits per heavy atom. The normalized spacial score (nSPS) is 29.1. The Labute approximate surface area is 101 Å². The number of hydrogen-bond donors (Lipinski definition) is 0. The Hall–Kier alpha value is -0.620. The lowest BCUT2D eigenvalue weighted by atomic mass is 10.0. The second-order valence-corrected chi connectivity index (χ2v) is 5.70. The van der Waals surface area contributed by atoms with E-state index in [2.05, 4.69) is 9.88 Å². The molecule has 0 saturated carbocycles. The number of halogens is 3. The summed E-state index contributed by atoms with van der Waals surface area (Å²) in [6, 6.07) is 1.16. The van der Waals surface area contributed by atoms with E-state index in [1.807, 2.05) is 0 Å². The van der Waals surface area contributed by atoms with E-state index in [-0.39, 0.29) is 0 Å². The van der Waals surface area contributed by atoms with Gasteiger partial charge in [-0.15, -0.1) is 11.3 Å². The maximum atomic E-state index is 12.4. The van der Waals surface area contributed by atoms with Gasteiger partial charge in [-0.3, -0.25) is 4.90 Å². The zero-order valence-corrected chi connectivity index (χ0v) is 10.0. The molecule has 94 valence electrons. The molecule has 6 heteroatoms. The summed E-state index contributed by atoms with van der Waals surface area (Å²) in [4.78, 5) is 6.03. The number of nitrogens with zero attached hydrogens (tertiary/aromatic N) is 2. The number of hydrogen-bond acceptors (Lipinski definition) is 3. The molecule has 0 aliphatic carbocycles. The fraction of sp³-hybridized carbons (Fsp3) is 0.727. The van der Waals surface area contributed by atoms with Gasteiger partial charge < -0.3 is 0 Å². The summed E-state index contributed by atoms with van der Waals surface area (Å²) in [7, 11) is 0. The second-order valence-electron chi connectivity index (χ2n) is 4.76. The van der Waals surface area contributed by atoms with Gasteiger partial charge in [0.1, 0.15) is 5.01 Å². The van der Waals surface area contributed by atoms with E-state index in [1.165, 1.54) is 25.7 Å². The van der Waals surface area contributed by atoms with Gasteiger partial charge in [0.25, 0.3) is 0 Å². The first-order valence-corrected chi connectivity index (χ1v) is 6.69. The van der Waals surface area contributed by atoms with Gasteiger partial charge in [0, 0.05) is 17.5 Å². The van der Waals surface area contributed by atoms with Gasteiger partial charge in [-0.2, -0.15) is 13.2 Å².